The number of rotatable bonds is 2. The molecule has 1 aromatic heterocycles. The van der Waals surface area contributed by atoms with E-state index in [9.17, 15) is 14.7 Å². The summed E-state index contributed by atoms with van der Waals surface area (Å²) in [5.74, 6) is 0. The van der Waals surface area contributed by atoms with E-state index in [-0.39, 0.29) is 13.0 Å². The molecule has 3 N–H and O–H groups in total. The molecule has 1 saturated heterocycles. The highest BCUT2D eigenvalue weighted by Crippen LogP contribution is 2.33. The lowest BCUT2D eigenvalue weighted by molar-refractivity contribution is -0.108. The van der Waals surface area contributed by atoms with Gasteiger partial charge in [-0.3, -0.25) is 14.3 Å². The van der Waals surface area contributed by atoms with Gasteiger partial charge in [0.25, 0.3) is 5.56 Å². The monoisotopic (exact) mass is 255 g/mol. The van der Waals surface area contributed by atoms with Crippen LogP contribution in [0.15, 0.2) is 15.8 Å². The van der Waals surface area contributed by atoms with E-state index in [1.54, 1.807) is 13.8 Å². The van der Waals surface area contributed by atoms with E-state index in [1.807, 2.05) is 0 Å². The minimum Gasteiger partial charge on any atom is -0.394 e. The Balaban J connectivity index is 2.47. The number of aliphatic hydroxyl groups is 2. The molecule has 0 radical (unpaired) electrons. The third kappa shape index (κ3) is 2.00. The van der Waals surface area contributed by atoms with Gasteiger partial charge in [0.1, 0.15) is 11.8 Å². The Bertz CT molecular complexity index is 563. The summed E-state index contributed by atoms with van der Waals surface area (Å²) < 4.78 is 6.75. The van der Waals surface area contributed by atoms with E-state index in [0.717, 1.165) is 0 Å². The summed E-state index contributed by atoms with van der Waals surface area (Å²) in [6, 6.07) is 0. The lowest BCUT2D eigenvalue weighted by atomic mass is 10.1. The van der Waals surface area contributed by atoms with E-state index in [4.69, 9.17) is 9.84 Å². The molecule has 1 aromatic rings. The molecule has 18 heavy (non-hydrogen) atoms. The van der Waals surface area contributed by atoms with Crippen LogP contribution in [0.2, 0.25) is 0 Å². The van der Waals surface area contributed by atoms with Crippen LogP contribution in [0.4, 0.5) is 0 Å². The average molecular weight is 255 g/mol. The number of ether oxygens (including phenoxy) is 1. The summed E-state index contributed by atoms with van der Waals surface area (Å²) in [6.45, 7) is 2.88. The number of hydrogen-bond donors (Lipinski definition) is 3. The Morgan fingerprint density at radius 1 is 1.61 bits per heavy atom. The predicted molar refractivity (Wildman–Crippen MR) is 62.3 cm³/mol. The Kier molecular flexibility index (Phi) is 3.14. The summed E-state index contributed by atoms with van der Waals surface area (Å²) >= 11 is 0. The summed E-state index contributed by atoms with van der Waals surface area (Å²) in [7, 11) is 0. The number of nitrogens with one attached hydrogen (secondary N) is 1. The van der Waals surface area contributed by atoms with Gasteiger partial charge in [0.15, 0.2) is 0 Å². The molecule has 1 fully saturated rings. The molecule has 3 atom stereocenters. The zero-order valence-corrected chi connectivity index (χ0v) is 10.2. The van der Waals surface area contributed by atoms with Gasteiger partial charge in [-0.05, 0) is 13.8 Å². The predicted octanol–water partition coefficient (Wildman–Crippen LogP) is -1.34. The third-order valence-electron chi connectivity index (χ3n) is 3.23. The summed E-state index contributed by atoms with van der Waals surface area (Å²) in [5, 5.41) is 18.8. The van der Waals surface area contributed by atoms with Gasteiger partial charge in [-0.1, -0.05) is 0 Å². The summed E-state index contributed by atoms with van der Waals surface area (Å²) in [6.07, 6.45) is -0.00895. The largest absolute Gasteiger partial charge is 0.394 e. The fraction of sp³-hybridized carbons (Fsp3) is 0.636. The molecular weight excluding hydrogens is 239 g/mol. The highest BCUT2D eigenvalue weighted by molar-refractivity contribution is 5.04. The Labute approximate surface area is 103 Å². The van der Waals surface area contributed by atoms with Gasteiger partial charge >= 0.3 is 5.69 Å². The number of aromatic amines is 1. The molecule has 0 aliphatic carbocycles. The second-order valence-corrected chi connectivity index (χ2v) is 4.73. The van der Waals surface area contributed by atoms with E-state index >= 15 is 0 Å². The molecule has 2 rings (SSSR count). The van der Waals surface area contributed by atoms with Crippen LogP contribution >= 0.6 is 0 Å². The molecule has 1 aliphatic rings. The average Bonchev–Trinajstić information content (AvgIpc) is 2.59. The van der Waals surface area contributed by atoms with Crippen molar-refractivity contribution in [3.05, 3.63) is 32.6 Å². The molecule has 100 valence electrons. The number of nitrogens with zero attached hydrogens (tertiary/aromatic N) is 1. The van der Waals surface area contributed by atoms with Gasteiger partial charge in [-0.2, -0.15) is 0 Å². The fourth-order valence-electron chi connectivity index (χ4n) is 2.20. The maximum Gasteiger partial charge on any atom is 0.330 e. The molecule has 1 aliphatic heterocycles. The molecule has 2 heterocycles. The van der Waals surface area contributed by atoms with Crippen molar-refractivity contribution in [3.63, 3.8) is 0 Å². The van der Waals surface area contributed by atoms with Crippen molar-refractivity contribution >= 4 is 0 Å². The highest BCUT2D eigenvalue weighted by atomic mass is 16.6. The number of aromatic nitrogens is 2. The van der Waals surface area contributed by atoms with Crippen LogP contribution in [0.3, 0.4) is 0 Å². The quantitative estimate of drug-likeness (QED) is 0.606. The lowest BCUT2D eigenvalue weighted by Gasteiger charge is -2.26. The molecule has 0 saturated carbocycles. The van der Waals surface area contributed by atoms with Crippen molar-refractivity contribution < 1.29 is 14.9 Å². The van der Waals surface area contributed by atoms with E-state index in [1.165, 1.54) is 10.8 Å². The normalized spacial score (nSPS) is 31.8. The van der Waals surface area contributed by atoms with Crippen LogP contribution in [0.1, 0.15) is 18.9 Å². The number of H-pyrrole nitrogens is 1. The molecule has 0 aromatic carbocycles. The van der Waals surface area contributed by atoms with E-state index in [0.29, 0.717) is 5.56 Å². The van der Waals surface area contributed by atoms with Crippen molar-refractivity contribution in [2.75, 3.05) is 6.61 Å². The molecule has 2 unspecified atom stereocenters. The van der Waals surface area contributed by atoms with Crippen molar-refractivity contribution in [1.82, 2.24) is 9.55 Å². The lowest BCUT2D eigenvalue weighted by Crippen LogP contribution is -2.43. The molecule has 0 amide bonds. The van der Waals surface area contributed by atoms with Crippen molar-refractivity contribution in [2.45, 2.75) is 38.2 Å². The molecule has 0 spiro atoms. The first-order chi connectivity index (χ1) is 8.37. The first-order valence-electron chi connectivity index (χ1n) is 5.67. The molecule has 0 bridgehead atoms. The van der Waals surface area contributed by atoms with Crippen LogP contribution in [-0.4, -0.2) is 38.6 Å². The van der Waals surface area contributed by atoms with Crippen LogP contribution in [-0.2, 0) is 10.5 Å². The zero-order valence-electron chi connectivity index (χ0n) is 10.2. The van der Waals surface area contributed by atoms with Crippen LogP contribution < -0.4 is 11.2 Å². The Hall–Kier alpha value is -1.44. The minimum absolute atomic E-state index is 0.170. The fourth-order valence-corrected chi connectivity index (χ4v) is 2.20. The maximum atomic E-state index is 11.8. The first kappa shape index (κ1) is 13.0. The highest BCUT2D eigenvalue weighted by Gasteiger charge is 2.44. The number of aliphatic hydroxyl groups excluding tert-OH is 2. The van der Waals surface area contributed by atoms with Crippen molar-refractivity contribution in [2.24, 2.45) is 0 Å². The van der Waals surface area contributed by atoms with Crippen LogP contribution in [0.25, 0.3) is 0 Å². The Morgan fingerprint density at radius 2 is 2.28 bits per heavy atom. The summed E-state index contributed by atoms with van der Waals surface area (Å²) in [4.78, 5) is 25.3. The topological polar surface area (TPSA) is 105 Å². The summed E-state index contributed by atoms with van der Waals surface area (Å²) in [5.41, 5.74) is -1.74. The van der Waals surface area contributed by atoms with Crippen molar-refractivity contribution in [1.29, 1.82) is 0 Å². The molecule has 7 nitrogen and oxygen atoms in total. The van der Waals surface area contributed by atoms with E-state index in [2.05, 4.69) is 4.98 Å². The molecule has 7 heteroatoms. The van der Waals surface area contributed by atoms with Gasteiger partial charge in [-0.25, -0.2) is 4.79 Å². The minimum atomic E-state index is -1.07. The zero-order chi connectivity index (χ0) is 13.5. The SMILES string of the molecule is Cc1cn(C2(C)C[C@@H](O)C(CO)O2)[11c](=O)[nH]c1=O. The van der Waals surface area contributed by atoms with E-state index < -0.39 is 29.2 Å². The second-order valence-electron chi connectivity index (χ2n) is 4.73. The smallest absolute Gasteiger partial charge is 0.330 e. The molecular formula is C11H16N2O5. The maximum absolute atomic E-state index is 11.8. The van der Waals surface area contributed by atoms with Gasteiger partial charge in [0.05, 0.1) is 12.7 Å². The first-order valence-corrected chi connectivity index (χ1v) is 5.67. The standard InChI is InChI=1S/C11H16N2O5/c1-6-4-13(10(17)12-9(6)16)11(2)3-7(15)8(5-14)18-11/h4,7-8,14-15H,3,5H2,1-2H3,(H,12,16,17)/t7-,8?,11?/m1/s1/i10-1. The Morgan fingerprint density at radius 3 is 2.83 bits per heavy atom. The van der Waals surface area contributed by atoms with Crippen LogP contribution in [0, 0.1) is 6.92 Å². The number of hydrogen-bond acceptors (Lipinski definition) is 5. The second kappa shape index (κ2) is 4.34. The van der Waals surface area contributed by atoms with Gasteiger partial charge in [0.2, 0.25) is 0 Å². The van der Waals surface area contributed by atoms with Gasteiger partial charge < -0.3 is 14.9 Å². The van der Waals surface area contributed by atoms with Gasteiger partial charge in [0, 0.05) is 18.2 Å². The third-order valence-corrected chi connectivity index (χ3v) is 3.23. The van der Waals surface area contributed by atoms with Crippen molar-refractivity contribution in [3.8, 4) is 0 Å². The number of aryl methyl sites for hydroxylation is 1. The van der Waals surface area contributed by atoms with Crippen LogP contribution in [0.5, 0.6) is 0 Å². The van der Waals surface area contributed by atoms with Gasteiger partial charge in [-0.15, -0.1) is 0 Å².